The minimum atomic E-state index is -0.0899. The van der Waals surface area contributed by atoms with Gasteiger partial charge in [-0.1, -0.05) is 135 Å². The molecular weight excluding hydrogens is 619 g/mol. The summed E-state index contributed by atoms with van der Waals surface area (Å²) in [7, 11) is 0. The zero-order valence-corrected chi connectivity index (χ0v) is 28.6. The van der Waals surface area contributed by atoms with E-state index in [1.54, 1.807) is 0 Å². The van der Waals surface area contributed by atoms with Gasteiger partial charge in [0, 0.05) is 33.1 Å². The van der Waals surface area contributed by atoms with Crippen LogP contribution in [0.4, 0.5) is 17.1 Å². The number of hydrogen-bond donors (Lipinski definition) is 0. The molecule has 9 aromatic rings. The van der Waals surface area contributed by atoms with E-state index in [9.17, 15) is 0 Å². The zero-order valence-electron chi connectivity index (χ0n) is 28.6. The van der Waals surface area contributed by atoms with Crippen LogP contribution in [0.2, 0.25) is 0 Å². The first-order valence-electron chi connectivity index (χ1n) is 17.7. The van der Waals surface area contributed by atoms with Crippen LogP contribution in [-0.2, 0) is 5.41 Å². The van der Waals surface area contributed by atoms with Crippen LogP contribution in [0, 0.1) is 0 Å². The lowest BCUT2D eigenvalue weighted by Crippen LogP contribution is -2.16. The van der Waals surface area contributed by atoms with Gasteiger partial charge < -0.3 is 9.32 Å². The van der Waals surface area contributed by atoms with E-state index in [1.807, 2.05) is 12.1 Å². The Morgan fingerprint density at radius 3 is 2.00 bits per heavy atom. The molecule has 0 saturated heterocycles. The molecule has 0 spiro atoms. The molecule has 0 unspecified atom stereocenters. The zero-order chi connectivity index (χ0) is 34.1. The first-order valence-corrected chi connectivity index (χ1v) is 17.7. The van der Waals surface area contributed by atoms with Crippen molar-refractivity contribution in [3.8, 4) is 33.4 Å². The Kier molecular flexibility index (Phi) is 6.56. The molecule has 0 atom stereocenters. The number of nitrogens with zero attached hydrogens (tertiary/aromatic N) is 1. The molecular formula is C49H35NO. The van der Waals surface area contributed by atoms with Gasteiger partial charge in [-0.05, 0) is 104 Å². The van der Waals surface area contributed by atoms with Gasteiger partial charge in [0.15, 0.2) is 0 Å². The number of benzene rings is 8. The summed E-state index contributed by atoms with van der Waals surface area (Å²) < 4.78 is 6.23. The van der Waals surface area contributed by atoms with Gasteiger partial charge in [0.25, 0.3) is 0 Å². The minimum absolute atomic E-state index is 0.0899. The summed E-state index contributed by atoms with van der Waals surface area (Å²) in [5.41, 5.74) is 15.3. The number of para-hydroxylation sites is 1. The number of hydrogen-bond acceptors (Lipinski definition) is 2. The average Bonchev–Trinajstić information content (AvgIpc) is 3.66. The lowest BCUT2D eigenvalue weighted by Gasteiger charge is -2.29. The van der Waals surface area contributed by atoms with Crippen molar-refractivity contribution < 1.29 is 4.42 Å². The molecule has 2 heteroatoms. The third-order valence-corrected chi connectivity index (χ3v) is 10.8. The molecule has 1 aromatic heterocycles. The molecule has 0 N–H and O–H groups in total. The van der Waals surface area contributed by atoms with Crippen LogP contribution in [0.3, 0.4) is 0 Å². The third kappa shape index (κ3) is 4.71. The van der Waals surface area contributed by atoms with Crippen molar-refractivity contribution in [2.75, 3.05) is 4.90 Å². The van der Waals surface area contributed by atoms with Crippen molar-refractivity contribution in [3.63, 3.8) is 0 Å². The summed E-state index contributed by atoms with van der Waals surface area (Å²) in [5.74, 6) is 0. The second kappa shape index (κ2) is 11.3. The van der Waals surface area contributed by atoms with Crippen molar-refractivity contribution in [1.82, 2.24) is 0 Å². The quantitative estimate of drug-likeness (QED) is 0.184. The molecule has 0 aliphatic heterocycles. The van der Waals surface area contributed by atoms with E-state index in [1.165, 1.54) is 61.0 Å². The fourth-order valence-electron chi connectivity index (χ4n) is 8.25. The van der Waals surface area contributed by atoms with Gasteiger partial charge >= 0.3 is 0 Å². The Bertz CT molecular complexity index is 2770. The normalized spacial score (nSPS) is 13.1. The van der Waals surface area contributed by atoms with Crippen molar-refractivity contribution in [2.24, 2.45) is 0 Å². The highest BCUT2D eigenvalue weighted by Gasteiger charge is 2.37. The number of fused-ring (bicyclic) bond motifs is 7. The lowest BCUT2D eigenvalue weighted by molar-refractivity contribution is 0.660. The molecule has 1 aliphatic carbocycles. The summed E-state index contributed by atoms with van der Waals surface area (Å²) in [5, 5.41) is 4.69. The number of furan rings is 1. The Balaban J connectivity index is 1.11. The molecule has 0 fully saturated rings. The Morgan fingerprint density at radius 2 is 1.12 bits per heavy atom. The van der Waals surface area contributed by atoms with E-state index in [0.29, 0.717) is 0 Å². The summed E-state index contributed by atoms with van der Waals surface area (Å²) in [4.78, 5) is 2.44. The van der Waals surface area contributed by atoms with Crippen molar-refractivity contribution in [3.05, 3.63) is 187 Å². The number of anilines is 3. The van der Waals surface area contributed by atoms with Crippen LogP contribution in [-0.4, -0.2) is 0 Å². The SMILES string of the molecule is CC1(C)c2ccccc2-c2c(N(c3ccc(-c4ccc5cc6c(cc5c4)oc4ccccc46)cc3)c3cccc(-c4ccccc4)c3)cccc21. The molecule has 0 bridgehead atoms. The van der Waals surface area contributed by atoms with Crippen molar-refractivity contribution >= 4 is 49.8 Å². The van der Waals surface area contributed by atoms with Gasteiger partial charge in [0.1, 0.15) is 11.2 Å². The van der Waals surface area contributed by atoms with E-state index in [4.69, 9.17) is 4.42 Å². The topological polar surface area (TPSA) is 16.4 Å². The van der Waals surface area contributed by atoms with E-state index in [-0.39, 0.29) is 5.41 Å². The fourth-order valence-corrected chi connectivity index (χ4v) is 8.25. The molecule has 0 saturated carbocycles. The summed E-state index contributed by atoms with van der Waals surface area (Å²) >= 11 is 0. The molecule has 1 aliphatic rings. The summed E-state index contributed by atoms with van der Waals surface area (Å²) in [6.45, 7) is 4.69. The van der Waals surface area contributed by atoms with Crippen molar-refractivity contribution in [2.45, 2.75) is 19.3 Å². The van der Waals surface area contributed by atoms with Crippen LogP contribution in [0.25, 0.3) is 66.1 Å². The monoisotopic (exact) mass is 653 g/mol. The molecule has 0 radical (unpaired) electrons. The number of rotatable bonds is 5. The van der Waals surface area contributed by atoms with E-state index >= 15 is 0 Å². The lowest BCUT2D eigenvalue weighted by atomic mass is 9.82. The standard InChI is InChI=1S/C49H35NO/c1-49(2)43-18-8-6-17-41(43)48-44(49)19-11-20-45(48)50(39-15-10-14-34(29-39)32-12-4-3-5-13-32)38-26-24-33(25-27-38)35-22-23-36-30-42-40-16-7-9-21-46(40)51-47(42)31-37(36)28-35/h3-31H,1-2H3. The second-order valence-corrected chi connectivity index (χ2v) is 14.2. The molecule has 1 heterocycles. The Labute approximate surface area is 297 Å². The van der Waals surface area contributed by atoms with Crippen molar-refractivity contribution in [1.29, 1.82) is 0 Å². The molecule has 2 nitrogen and oxygen atoms in total. The third-order valence-electron chi connectivity index (χ3n) is 10.8. The highest BCUT2D eigenvalue weighted by atomic mass is 16.3. The largest absolute Gasteiger partial charge is 0.456 e. The first kappa shape index (κ1) is 29.5. The van der Waals surface area contributed by atoms with Gasteiger partial charge in [-0.25, -0.2) is 0 Å². The molecule has 10 rings (SSSR count). The Morgan fingerprint density at radius 1 is 0.431 bits per heavy atom. The van der Waals surface area contributed by atoms with Crippen LogP contribution in [0.15, 0.2) is 180 Å². The Hall–Kier alpha value is -6.38. The van der Waals surface area contributed by atoms with E-state index in [0.717, 1.165) is 33.3 Å². The second-order valence-electron chi connectivity index (χ2n) is 14.2. The summed E-state index contributed by atoms with van der Waals surface area (Å²) in [6.07, 6.45) is 0. The van der Waals surface area contributed by atoms with Gasteiger partial charge in [-0.2, -0.15) is 0 Å². The van der Waals surface area contributed by atoms with Crippen LogP contribution in [0.5, 0.6) is 0 Å². The molecule has 8 aromatic carbocycles. The maximum Gasteiger partial charge on any atom is 0.136 e. The average molecular weight is 654 g/mol. The molecule has 242 valence electrons. The van der Waals surface area contributed by atoms with Crippen LogP contribution in [0.1, 0.15) is 25.0 Å². The van der Waals surface area contributed by atoms with Gasteiger partial charge in [0.05, 0.1) is 5.69 Å². The molecule has 0 amide bonds. The van der Waals surface area contributed by atoms with E-state index < -0.39 is 0 Å². The highest BCUT2D eigenvalue weighted by molar-refractivity contribution is 6.10. The fraction of sp³-hybridized carbons (Fsp3) is 0.0612. The first-order chi connectivity index (χ1) is 25.0. The molecule has 51 heavy (non-hydrogen) atoms. The predicted molar refractivity (Wildman–Crippen MR) is 214 cm³/mol. The highest BCUT2D eigenvalue weighted by Crippen LogP contribution is 2.54. The summed E-state index contributed by atoms with van der Waals surface area (Å²) in [6, 6.07) is 63.8. The van der Waals surface area contributed by atoms with Crippen LogP contribution < -0.4 is 4.90 Å². The van der Waals surface area contributed by atoms with Crippen LogP contribution >= 0.6 is 0 Å². The maximum absolute atomic E-state index is 6.23. The van der Waals surface area contributed by atoms with Gasteiger partial charge in [-0.15, -0.1) is 0 Å². The minimum Gasteiger partial charge on any atom is -0.456 e. The van der Waals surface area contributed by atoms with E-state index in [2.05, 4.69) is 183 Å². The predicted octanol–water partition coefficient (Wildman–Crippen LogP) is 13.8. The van der Waals surface area contributed by atoms with Gasteiger partial charge in [0.2, 0.25) is 0 Å². The maximum atomic E-state index is 6.23. The smallest absolute Gasteiger partial charge is 0.136 e. The van der Waals surface area contributed by atoms with Gasteiger partial charge in [-0.3, -0.25) is 0 Å².